The first-order chi connectivity index (χ1) is 11.8. The molecule has 2 N–H and O–H groups in total. The molecule has 25 heavy (non-hydrogen) atoms. The monoisotopic (exact) mass is 475 g/mol. The zero-order valence-corrected chi connectivity index (χ0v) is 17.8. The number of ether oxygens (including phenoxy) is 2. The lowest BCUT2D eigenvalue weighted by atomic mass is 10.2. The van der Waals surface area contributed by atoms with Gasteiger partial charge in [0.25, 0.3) is 0 Å². The van der Waals surface area contributed by atoms with Gasteiger partial charge in [0, 0.05) is 25.1 Å². The second kappa shape index (κ2) is 13.0. The Bertz CT molecular complexity index is 603. The Hall–Kier alpha value is -1.32. The molecule has 0 fully saturated rings. The maximum atomic E-state index is 5.69. The van der Waals surface area contributed by atoms with Gasteiger partial charge in [-0.15, -0.1) is 35.3 Å². The number of halogens is 1. The molecule has 0 radical (unpaired) electrons. The van der Waals surface area contributed by atoms with E-state index in [1.807, 2.05) is 24.3 Å². The van der Waals surface area contributed by atoms with Crippen LogP contribution in [-0.2, 0) is 17.9 Å². The Kier molecular flexibility index (Phi) is 11.3. The van der Waals surface area contributed by atoms with Gasteiger partial charge in [-0.1, -0.05) is 18.2 Å². The average Bonchev–Trinajstić information content (AvgIpc) is 3.14. The maximum Gasteiger partial charge on any atom is 0.191 e. The Balaban J connectivity index is 0.00000312. The van der Waals surface area contributed by atoms with Crippen LogP contribution in [0.2, 0.25) is 0 Å². The van der Waals surface area contributed by atoms with E-state index in [4.69, 9.17) is 9.47 Å². The predicted molar refractivity (Wildman–Crippen MR) is 115 cm³/mol. The fraction of sp³-hybridized carbons (Fsp3) is 0.389. The van der Waals surface area contributed by atoms with Gasteiger partial charge in [-0.2, -0.15) is 0 Å². The molecular weight excluding hydrogens is 449 g/mol. The van der Waals surface area contributed by atoms with Crippen LogP contribution in [0.5, 0.6) is 5.75 Å². The van der Waals surface area contributed by atoms with E-state index in [0.717, 1.165) is 36.8 Å². The smallest absolute Gasteiger partial charge is 0.191 e. The minimum atomic E-state index is 0. The molecule has 0 spiro atoms. The molecule has 0 saturated carbocycles. The highest BCUT2D eigenvalue weighted by atomic mass is 127. The van der Waals surface area contributed by atoms with Gasteiger partial charge in [0.15, 0.2) is 5.96 Å². The summed E-state index contributed by atoms with van der Waals surface area (Å²) in [6.07, 6.45) is 0.926. The molecule has 0 atom stereocenters. The molecule has 0 aliphatic carbocycles. The highest BCUT2D eigenvalue weighted by Crippen LogP contribution is 2.11. The molecule has 0 aliphatic heterocycles. The third-order valence-electron chi connectivity index (χ3n) is 3.42. The molecule has 0 bridgehead atoms. The molecule has 0 aliphatic rings. The molecule has 2 rings (SSSR count). The zero-order chi connectivity index (χ0) is 17.0. The summed E-state index contributed by atoms with van der Waals surface area (Å²) in [5.74, 6) is 1.68. The summed E-state index contributed by atoms with van der Waals surface area (Å²) >= 11 is 1.74. The van der Waals surface area contributed by atoms with Crippen LogP contribution in [0.4, 0.5) is 0 Å². The normalized spacial score (nSPS) is 10.9. The summed E-state index contributed by atoms with van der Waals surface area (Å²) in [7, 11) is 3.45. The van der Waals surface area contributed by atoms with Crippen LogP contribution < -0.4 is 15.4 Å². The number of hydrogen-bond donors (Lipinski definition) is 2. The van der Waals surface area contributed by atoms with Gasteiger partial charge in [-0.05, 0) is 35.6 Å². The summed E-state index contributed by atoms with van der Waals surface area (Å²) in [6, 6.07) is 12.1. The van der Waals surface area contributed by atoms with E-state index in [2.05, 4.69) is 33.1 Å². The minimum Gasteiger partial charge on any atom is -0.497 e. The van der Waals surface area contributed by atoms with Crippen LogP contribution in [0, 0.1) is 0 Å². The van der Waals surface area contributed by atoms with Gasteiger partial charge in [-0.25, -0.2) is 0 Å². The number of thiophene rings is 1. The number of hydrogen-bond acceptors (Lipinski definition) is 4. The van der Waals surface area contributed by atoms with Crippen molar-refractivity contribution in [3.63, 3.8) is 0 Å². The second-order valence-corrected chi connectivity index (χ2v) is 6.22. The molecule has 1 aromatic heterocycles. The van der Waals surface area contributed by atoms with Gasteiger partial charge in [0.05, 0.1) is 20.3 Å². The number of benzene rings is 1. The van der Waals surface area contributed by atoms with Gasteiger partial charge >= 0.3 is 0 Å². The first-order valence-corrected chi connectivity index (χ1v) is 8.87. The summed E-state index contributed by atoms with van der Waals surface area (Å²) in [4.78, 5) is 5.51. The van der Waals surface area contributed by atoms with E-state index in [9.17, 15) is 0 Å². The highest BCUT2D eigenvalue weighted by Gasteiger charge is 1.99. The molecule has 1 heterocycles. The van der Waals surface area contributed by atoms with Gasteiger partial charge < -0.3 is 20.1 Å². The van der Waals surface area contributed by atoms with E-state index >= 15 is 0 Å². The van der Waals surface area contributed by atoms with Crippen LogP contribution in [-0.4, -0.2) is 33.3 Å². The largest absolute Gasteiger partial charge is 0.497 e. The molecule has 0 unspecified atom stereocenters. The number of methoxy groups -OCH3 is 1. The van der Waals surface area contributed by atoms with Crippen LogP contribution >= 0.6 is 35.3 Å². The van der Waals surface area contributed by atoms with Crippen LogP contribution in [0.3, 0.4) is 0 Å². The Morgan fingerprint density at radius 3 is 2.60 bits per heavy atom. The van der Waals surface area contributed by atoms with E-state index in [1.54, 1.807) is 25.5 Å². The molecule has 7 heteroatoms. The number of nitrogens with zero attached hydrogens (tertiary/aromatic N) is 1. The molecule has 0 saturated heterocycles. The maximum absolute atomic E-state index is 5.69. The molecule has 0 amide bonds. The summed E-state index contributed by atoms with van der Waals surface area (Å²) in [6.45, 7) is 2.95. The molecule has 5 nitrogen and oxygen atoms in total. The van der Waals surface area contributed by atoms with Gasteiger partial charge in [0.1, 0.15) is 5.75 Å². The van der Waals surface area contributed by atoms with E-state index in [0.29, 0.717) is 13.2 Å². The van der Waals surface area contributed by atoms with Gasteiger partial charge in [0.2, 0.25) is 0 Å². The number of aliphatic imine (C=N–C) groups is 1. The third-order valence-corrected chi connectivity index (χ3v) is 4.30. The Morgan fingerprint density at radius 1 is 1.16 bits per heavy atom. The fourth-order valence-corrected chi connectivity index (χ4v) is 2.74. The van der Waals surface area contributed by atoms with Crippen molar-refractivity contribution >= 4 is 41.3 Å². The van der Waals surface area contributed by atoms with E-state index < -0.39 is 0 Å². The average molecular weight is 475 g/mol. The first-order valence-electron chi connectivity index (χ1n) is 7.99. The fourth-order valence-electron chi connectivity index (χ4n) is 2.10. The predicted octanol–water partition coefficient (Wildman–Crippen LogP) is 3.65. The van der Waals surface area contributed by atoms with Crippen molar-refractivity contribution in [3.05, 3.63) is 52.2 Å². The quantitative estimate of drug-likeness (QED) is 0.252. The van der Waals surface area contributed by atoms with Crippen molar-refractivity contribution in [2.24, 2.45) is 4.99 Å². The summed E-state index contributed by atoms with van der Waals surface area (Å²) < 4.78 is 10.8. The van der Waals surface area contributed by atoms with Crippen LogP contribution in [0.25, 0.3) is 0 Å². The van der Waals surface area contributed by atoms with Crippen molar-refractivity contribution in [3.8, 4) is 5.75 Å². The minimum absolute atomic E-state index is 0. The number of rotatable bonds is 9. The standard InChI is InChI=1S/C18H25N3O2S.HI/c1-19-18(21-13-17-5-3-12-24-17)20-10-4-11-23-14-15-6-8-16(22-2)9-7-15;/h3,5-9,12H,4,10-11,13-14H2,1-2H3,(H2,19,20,21);1H. The van der Waals surface area contributed by atoms with Crippen LogP contribution in [0.15, 0.2) is 46.8 Å². The molecule has 1 aromatic carbocycles. The van der Waals surface area contributed by atoms with E-state index in [-0.39, 0.29) is 24.0 Å². The summed E-state index contributed by atoms with van der Waals surface area (Å²) in [5, 5.41) is 8.67. The van der Waals surface area contributed by atoms with Crippen LogP contribution in [0.1, 0.15) is 16.9 Å². The molecule has 2 aromatic rings. The lowest BCUT2D eigenvalue weighted by Crippen LogP contribution is -2.37. The lowest BCUT2D eigenvalue weighted by molar-refractivity contribution is 0.119. The zero-order valence-electron chi connectivity index (χ0n) is 14.7. The third kappa shape index (κ3) is 8.55. The van der Waals surface area contributed by atoms with Crippen molar-refractivity contribution in [2.75, 3.05) is 27.3 Å². The second-order valence-electron chi connectivity index (χ2n) is 5.19. The molecular formula is C18H26IN3O2S. The van der Waals surface area contributed by atoms with Crippen molar-refractivity contribution in [1.29, 1.82) is 0 Å². The van der Waals surface area contributed by atoms with Gasteiger partial charge in [-0.3, -0.25) is 4.99 Å². The lowest BCUT2D eigenvalue weighted by Gasteiger charge is -2.11. The highest BCUT2D eigenvalue weighted by molar-refractivity contribution is 14.0. The Morgan fingerprint density at radius 2 is 1.96 bits per heavy atom. The van der Waals surface area contributed by atoms with Crippen molar-refractivity contribution < 1.29 is 9.47 Å². The Labute approximate surface area is 170 Å². The number of guanidine groups is 1. The SMILES string of the molecule is CN=C(NCCCOCc1ccc(OC)cc1)NCc1cccs1.I. The molecule has 138 valence electrons. The topological polar surface area (TPSA) is 54.9 Å². The number of nitrogens with one attached hydrogen (secondary N) is 2. The summed E-state index contributed by atoms with van der Waals surface area (Å²) in [5.41, 5.74) is 1.15. The van der Waals surface area contributed by atoms with Crippen molar-refractivity contribution in [2.45, 2.75) is 19.6 Å². The van der Waals surface area contributed by atoms with Crippen molar-refractivity contribution in [1.82, 2.24) is 10.6 Å². The van der Waals surface area contributed by atoms with E-state index in [1.165, 1.54) is 4.88 Å². The first kappa shape index (κ1) is 21.7.